The lowest BCUT2D eigenvalue weighted by Gasteiger charge is -2.10. The fourth-order valence-electron chi connectivity index (χ4n) is 0.781. The van der Waals surface area contributed by atoms with E-state index in [0.29, 0.717) is 6.42 Å². The summed E-state index contributed by atoms with van der Waals surface area (Å²) in [7, 11) is 0. The first-order valence-corrected chi connectivity index (χ1v) is 4.45. The van der Waals surface area contributed by atoms with Crippen molar-refractivity contribution in [3.8, 4) is 0 Å². The quantitative estimate of drug-likeness (QED) is 0.470. The Morgan fingerprint density at radius 1 is 1.42 bits per heavy atom. The molecule has 0 radical (unpaired) electrons. The summed E-state index contributed by atoms with van der Waals surface area (Å²) in [5.74, 6) is 0.263. The van der Waals surface area contributed by atoms with Crippen molar-refractivity contribution < 1.29 is 4.79 Å². The Morgan fingerprint density at radius 2 is 2.00 bits per heavy atom. The monoisotopic (exact) mass is 169 g/mol. The zero-order valence-corrected chi connectivity index (χ0v) is 8.55. The van der Waals surface area contributed by atoms with Gasteiger partial charge in [0.15, 0.2) is 0 Å². The Labute approximate surface area is 75.1 Å². The van der Waals surface area contributed by atoms with Crippen LogP contribution in [0.4, 0.5) is 0 Å². The van der Waals surface area contributed by atoms with Crippen molar-refractivity contribution in [1.29, 1.82) is 0 Å². The number of carbonyl (C=O) groups is 1. The summed E-state index contributed by atoms with van der Waals surface area (Å²) in [6.45, 7) is 7.82. The third-order valence-corrected chi connectivity index (χ3v) is 1.34. The van der Waals surface area contributed by atoms with E-state index in [1.165, 1.54) is 0 Å². The van der Waals surface area contributed by atoms with Crippen LogP contribution in [0.1, 0.15) is 47.0 Å². The second kappa shape index (κ2) is 5.07. The molecule has 0 aliphatic heterocycles. The van der Waals surface area contributed by atoms with Crippen molar-refractivity contribution in [3.63, 3.8) is 0 Å². The predicted octanol–water partition coefficient (Wildman–Crippen LogP) is 2.62. The molecular formula is C10H19NO. The number of carbonyl (C=O) groups excluding carboxylic acids is 1. The molecule has 0 heterocycles. The van der Waals surface area contributed by atoms with Gasteiger partial charge in [0.2, 0.25) is 0 Å². The highest BCUT2D eigenvalue weighted by Gasteiger charge is 2.03. The molecule has 0 amide bonds. The highest BCUT2D eigenvalue weighted by molar-refractivity contribution is 5.75. The van der Waals surface area contributed by atoms with E-state index in [9.17, 15) is 4.79 Å². The molecule has 0 rings (SSSR count). The van der Waals surface area contributed by atoms with E-state index in [4.69, 9.17) is 0 Å². The van der Waals surface area contributed by atoms with Crippen molar-refractivity contribution in [3.05, 3.63) is 0 Å². The lowest BCUT2D eigenvalue weighted by Crippen LogP contribution is -2.09. The van der Waals surface area contributed by atoms with Gasteiger partial charge < -0.3 is 4.79 Å². The van der Waals surface area contributed by atoms with Gasteiger partial charge in [-0.3, -0.25) is 4.99 Å². The van der Waals surface area contributed by atoms with Gasteiger partial charge in [-0.15, -0.1) is 0 Å². The topological polar surface area (TPSA) is 29.4 Å². The molecule has 0 aliphatic carbocycles. The van der Waals surface area contributed by atoms with Gasteiger partial charge in [0.05, 0.1) is 5.54 Å². The molecule has 0 N–H and O–H groups in total. The van der Waals surface area contributed by atoms with Crippen LogP contribution < -0.4 is 0 Å². The van der Waals surface area contributed by atoms with Gasteiger partial charge in [-0.25, -0.2) is 0 Å². The molecule has 70 valence electrons. The number of rotatable bonds is 4. The molecule has 2 heteroatoms. The van der Waals surface area contributed by atoms with E-state index >= 15 is 0 Å². The number of Topliss-reactive ketones (excluding diaryl/α,β-unsaturated/α-hetero) is 1. The first-order valence-electron chi connectivity index (χ1n) is 4.45. The van der Waals surface area contributed by atoms with Gasteiger partial charge in [0.1, 0.15) is 5.78 Å². The average Bonchev–Trinajstić information content (AvgIpc) is 1.83. The summed E-state index contributed by atoms with van der Waals surface area (Å²) in [5.41, 5.74) is 0.0240. The van der Waals surface area contributed by atoms with E-state index in [1.807, 2.05) is 6.21 Å². The van der Waals surface area contributed by atoms with Crippen LogP contribution in [0.5, 0.6) is 0 Å². The predicted molar refractivity (Wildman–Crippen MR) is 52.8 cm³/mol. The maximum atomic E-state index is 10.6. The molecule has 0 bridgehead atoms. The van der Waals surface area contributed by atoms with Crippen LogP contribution in [-0.2, 0) is 4.79 Å². The summed E-state index contributed by atoms with van der Waals surface area (Å²) in [4.78, 5) is 14.9. The summed E-state index contributed by atoms with van der Waals surface area (Å²) in [6.07, 6.45) is 4.44. The highest BCUT2D eigenvalue weighted by atomic mass is 16.1. The second-order valence-electron chi connectivity index (χ2n) is 4.08. The third-order valence-electron chi connectivity index (χ3n) is 1.34. The van der Waals surface area contributed by atoms with Crippen LogP contribution in [-0.4, -0.2) is 17.5 Å². The molecule has 2 nitrogen and oxygen atoms in total. The lowest BCUT2D eigenvalue weighted by atomic mass is 10.1. The van der Waals surface area contributed by atoms with Gasteiger partial charge in [-0.2, -0.15) is 0 Å². The zero-order chi connectivity index (χ0) is 9.61. The van der Waals surface area contributed by atoms with Crippen LogP contribution in [0.25, 0.3) is 0 Å². The first kappa shape index (κ1) is 11.3. The highest BCUT2D eigenvalue weighted by Crippen LogP contribution is 2.05. The SMILES string of the molecule is CC(=O)CCC/C=N\C(C)(C)C. The molecule has 0 aliphatic rings. The number of aliphatic imine (C=N–C) groups is 1. The Hall–Kier alpha value is -0.660. The van der Waals surface area contributed by atoms with Gasteiger partial charge in [-0.05, 0) is 46.8 Å². The number of unbranched alkanes of at least 4 members (excludes halogenated alkanes) is 1. The maximum Gasteiger partial charge on any atom is 0.129 e. The second-order valence-corrected chi connectivity index (χ2v) is 4.08. The summed E-state index contributed by atoms with van der Waals surface area (Å²) < 4.78 is 0. The minimum absolute atomic E-state index is 0.0240. The van der Waals surface area contributed by atoms with Gasteiger partial charge >= 0.3 is 0 Å². The zero-order valence-electron chi connectivity index (χ0n) is 8.55. The minimum atomic E-state index is 0.0240. The summed E-state index contributed by atoms with van der Waals surface area (Å²) in [6, 6.07) is 0. The minimum Gasteiger partial charge on any atom is -0.300 e. The lowest BCUT2D eigenvalue weighted by molar-refractivity contribution is -0.117. The van der Waals surface area contributed by atoms with Crippen molar-refractivity contribution in [1.82, 2.24) is 0 Å². The van der Waals surface area contributed by atoms with E-state index in [1.54, 1.807) is 6.92 Å². The van der Waals surface area contributed by atoms with Crippen molar-refractivity contribution in [2.24, 2.45) is 4.99 Å². The molecule has 0 spiro atoms. The Kier molecular flexibility index (Phi) is 4.79. The van der Waals surface area contributed by atoms with Crippen LogP contribution in [0.15, 0.2) is 4.99 Å². The number of hydrogen-bond acceptors (Lipinski definition) is 2. The van der Waals surface area contributed by atoms with Gasteiger partial charge in [0.25, 0.3) is 0 Å². The molecular weight excluding hydrogens is 150 g/mol. The van der Waals surface area contributed by atoms with Crippen molar-refractivity contribution in [2.45, 2.75) is 52.5 Å². The molecule has 0 saturated heterocycles. The van der Waals surface area contributed by atoms with Crippen molar-refractivity contribution in [2.75, 3.05) is 0 Å². The van der Waals surface area contributed by atoms with E-state index in [2.05, 4.69) is 25.8 Å². The Morgan fingerprint density at radius 3 is 2.42 bits per heavy atom. The van der Waals surface area contributed by atoms with Crippen LogP contribution in [0.3, 0.4) is 0 Å². The summed E-state index contributed by atoms with van der Waals surface area (Å²) in [5, 5.41) is 0. The third kappa shape index (κ3) is 9.34. The maximum absolute atomic E-state index is 10.6. The van der Waals surface area contributed by atoms with Crippen LogP contribution in [0, 0.1) is 0 Å². The average molecular weight is 169 g/mol. The van der Waals surface area contributed by atoms with Gasteiger partial charge in [0, 0.05) is 6.42 Å². The number of nitrogens with zero attached hydrogens (tertiary/aromatic N) is 1. The molecule has 0 saturated carbocycles. The molecule has 0 aromatic carbocycles. The smallest absolute Gasteiger partial charge is 0.129 e. The fourth-order valence-corrected chi connectivity index (χ4v) is 0.781. The van der Waals surface area contributed by atoms with Crippen molar-refractivity contribution >= 4 is 12.0 Å². The van der Waals surface area contributed by atoms with Gasteiger partial charge in [-0.1, -0.05) is 0 Å². The normalized spacial score (nSPS) is 12.3. The van der Waals surface area contributed by atoms with Crippen LogP contribution >= 0.6 is 0 Å². The number of ketones is 1. The standard InChI is InChI=1S/C10H19NO/c1-9(12)7-5-6-8-11-10(2,3)4/h8H,5-7H2,1-4H3/b11-8-. The largest absolute Gasteiger partial charge is 0.300 e. The number of hydrogen-bond donors (Lipinski definition) is 0. The fraction of sp³-hybridized carbons (Fsp3) is 0.800. The van der Waals surface area contributed by atoms with Crippen LogP contribution in [0.2, 0.25) is 0 Å². The molecule has 0 atom stereocenters. The Balaban J connectivity index is 3.43. The molecule has 12 heavy (non-hydrogen) atoms. The molecule has 0 aromatic heterocycles. The molecule has 0 fully saturated rings. The Bertz CT molecular complexity index is 165. The van der Waals surface area contributed by atoms with E-state index < -0.39 is 0 Å². The summed E-state index contributed by atoms with van der Waals surface area (Å²) >= 11 is 0. The molecule has 0 unspecified atom stereocenters. The van der Waals surface area contributed by atoms with E-state index in [-0.39, 0.29) is 11.3 Å². The first-order chi connectivity index (χ1) is 5.42. The van der Waals surface area contributed by atoms with E-state index in [0.717, 1.165) is 12.8 Å². The molecule has 0 aromatic rings.